The van der Waals surface area contributed by atoms with Crippen LogP contribution in [0.2, 0.25) is 5.15 Å². The van der Waals surface area contributed by atoms with Gasteiger partial charge in [0.05, 0.1) is 16.6 Å². The molecule has 1 aromatic heterocycles. The fourth-order valence-corrected chi connectivity index (χ4v) is 3.64. The van der Waals surface area contributed by atoms with E-state index in [4.69, 9.17) is 11.6 Å². The Bertz CT molecular complexity index is 1040. The van der Waals surface area contributed by atoms with Gasteiger partial charge in [-0.15, -0.1) is 0 Å². The number of hydrogen-bond acceptors (Lipinski definition) is 3. The molecule has 2 amide bonds. The number of hydrogen-bond donors (Lipinski definition) is 0. The molecule has 0 unspecified atom stereocenters. The second-order valence-electron chi connectivity index (χ2n) is 6.59. The Labute approximate surface area is 156 Å². The van der Waals surface area contributed by atoms with Gasteiger partial charge < -0.3 is 0 Å². The molecule has 0 saturated heterocycles. The van der Waals surface area contributed by atoms with Crippen LogP contribution in [0.5, 0.6) is 0 Å². The zero-order valence-electron chi connectivity index (χ0n) is 14.5. The number of fused-ring (bicyclic) bond motifs is 2. The molecule has 5 heteroatoms. The average molecular weight is 365 g/mol. The summed E-state index contributed by atoms with van der Waals surface area (Å²) in [5.74, 6) is -0.495. The Hall–Kier alpha value is -2.72. The largest absolute Gasteiger partial charge is 0.274 e. The number of benzene rings is 2. The SMILES string of the molecule is Cc1ccc(C)c2nc(Cl)c(CCN3C(=O)c4ccccc4C3=O)cc12. The Balaban J connectivity index is 1.63. The van der Waals surface area contributed by atoms with Crippen LogP contribution in [0.4, 0.5) is 0 Å². The van der Waals surface area contributed by atoms with Crippen molar-refractivity contribution in [1.29, 1.82) is 0 Å². The minimum atomic E-state index is -0.248. The van der Waals surface area contributed by atoms with Crippen LogP contribution >= 0.6 is 11.6 Å². The van der Waals surface area contributed by atoms with E-state index in [0.717, 1.165) is 27.6 Å². The fourth-order valence-electron chi connectivity index (χ4n) is 3.40. The summed E-state index contributed by atoms with van der Waals surface area (Å²) < 4.78 is 0. The van der Waals surface area contributed by atoms with Gasteiger partial charge in [0.1, 0.15) is 5.15 Å². The molecule has 130 valence electrons. The van der Waals surface area contributed by atoms with E-state index in [1.807, 2.05) is 26.0 Å². The quantitative estimate of drug-likeness (QED) is 0.513. The van der Waals surface area contributed by atoms with Gasteiger partial charge in [-0.25, -0.2) is 4.98 Å². The van der Waals surface area contributed by atoms with Crippen molar-refractivity contribution in [1.82, 2.24) is 9.88 Å². The van der Waals surface area contributed by atoms with Crippen LogP contribution < -0.4 is 0 Å². The number of aryl methyl sites for hydroxylation is 2. The lowest BCUT2D eigenvalue weighted by atomic mass is 10.0. The maximum atomic E-state index is 12.5. The molecule has 1 aliphatic heterocycles. The first-order chi connectivity index (χ1) is 12.5. The van der Waals surface area contributed by atoms with E-state index >= 15 is 0 Å². The molecule has 2 heterocycles. The first-order valence-electron chi connectivity index (χ1n) is 8.48. The van der Waals surface area contributed by atoms with Gasteiger partial charge in [0.25, 0.3) is 11.8 Å². The highest BCUT2D eigenvalue weighted by Crippen LogP contribution is 2.27. The first-order valence-corrected chi connectivity index (χ1v) is 8.85. The van der Waals surface area contributed by atoms with Crippen molar-refractivity contribution in [2.75, 3.05) is 6.54 Å². The molecule has 0 bridgehead atoms. The maximum absolute atomic E-state index is 12.5. The third kappa shape index (κ3) is 2.58. The molecule has 0 saturated carbocycles. The van der Waals surface area contributed by atoms with Crippen LogP contribution in [0.3, 0.4) is 0 Å². The summed E-state index contributed by atoms with van der Waals surface area (Å²) in [6.45, 7) is 4.32. The van der Waals surface area contributed by atoms with E-state index in [2.05, 4.69) is 11.1 Å². The number of rotatable bonds is 3. The zero-order valence-corrected chi connectivity index (χ0v) is 15.3. The molecular formula is C21H17ClN2O2. The van der Waals surface area contributed by atoms with Gasteiger partial charge >= 0.3 is 0 Å². The van der Waals surface area contributed by atoms with Crippen molar-refractivity contribution in [3.63, 3.8) is 0 Å². The van der Waals surface area contributed by atoms with Crippen molar-refractivity contribution in [2.24, 2.45) is 0 Å². The van der Waals surface area contributed by atoms with Crippen molar-refractivity contribution >= 4 is 34.3 Å². The fraction of sp³-hybridized carbons (Fsp3) is 0.190. The Morgan fingerprint density at radius 3 is 2.23 bits per heavy atom. The number of halogens is 1. The van der Waals surface area contributed by atoms with Crippen molar-refractivity contribution in [3.8, 4) is 0 Å². The summed E-state index contributed by atoms with van der Waals surface area (Å²) in [6, 6.07) is 13.0. The zero-order chi connectivity index (χ0) is 18.4. The average Bonchev–Trinajstić information content (AvgIpc) is 2.88. The molecule has 4 rings (SSSR count). The smallest absolute Gasteiger partial charge is 0.261 e. The van der Waals surface area contributed by atoms with Crippen molar-refractivity contribution in [3.05, 3.63) is 75.4 Å². The molecule has 4 nitrogen and oxygen atoms in total. The molecule has 0 spiro atoms. The Kier molecular flexibility index (Phi) is 4.00. The number of carbonyl (C=O) groups excluding carboxylic acids is 2. The number of aromatic nitrogens is 1. The molecule has 0 aliphatic carbocycles. The van der Waals surface area contributed by atoms with Crippen molar-refractivity contribution in [2.45, 2.75) is 20.3 Å². The van der Waals surface area contributed by atoms with Crippen LogP contribution in [0, 0.1) is 13.8 Å². The normalized spacial score (nSPS) is 13.6. The van der Waals surface area contributed by atoms with Crippen LogP contribution in [-0.2, 0) is 6.42 Å². The van der Waals surface area contributed by atoms with E-state index in [9.17, 15) is 9.59 Å². The summed E-state index contributed by atoms with van der Waals surface area (Å²) in [4.78, 5) is 30.8. The third-order valence-corrected chi connectivity index (χ3v) is 5.24. The summed E-state index contributed by atoms with van der Waals surface area (Å²) in [7, 11) is 0. The number of carbonyl (C=O) groups is 2. The van der Waals surface area contributed by atoms with Gasteiger partial charge in [-0.05, 0) is 55.2 Å². The van der Waals surface area contributed by atoms with Gasteiger partial charge in [-0.1, -0.05) is 35.9 Å². The van der Waals surface area contributed by atoms with Crippen LogP contribution in [-0.4, -0.2) is 28.2 Å². The van der Waals surface area contributed by atoms with Gasteiger partial charge in [0.2, 0.25) is 0 Å². The predicted molar refractivity (Wildman–Crippen MR) is 102 cm³/mol. The molecule has 3 aromatic rings. The Morgan fingerprint density at radius 2 is 1.58 bits per heavy atom. The first kappa shape index (κ1) is 16.7. The second kappa shape index (κ2) is 6.22. The topological polar surface area (TPSA) is 50.3 Å². The van der Waals surface area contributed by atoms with Crippen LogP contribution in [0.25, 0.3) is 10.9 Å². The van der Waals surface area contributed by atoms with Crippen LogP contribution in [0.15, 0.2) is 42.5 Å². The highest BCUT2D eigenvalue weighted by Gasteiger charge is 2.34. The summed E-state index contributed by atoms with van der Waals surface area (Å²) in [5.41, 5.74) is 4.85. The number of amides is 2. The maximum Gasteiger partial charge on any atom is 0.261 e. The molecule has 0 fully saturated rings. The van der Waals surface area contributed by atoms with E-state index in [1.165, 1.54) is 4.90 Å². The molecule has 1 aliphatic rings. The van der Waals surface area contributed by atoms with E-state index in [-0.39, 0.29) is 18.4 Å². The number of pyridine rings is 1. The molecule has 0 radical (unpaired) electrons. The highest BCUT2D eigenvalue weighted by atomic mass is 35.5. The monoisotopic (exact) mass is 364 g/mol. The van der Waals surface area contributed by atoms with E-state index in [0.29, 0.717) is 22.7 Å². The van der Waals surface area contributed by atoms with E-state index < -0.39 is 0 Å². The molecule has 26 heavy (non-hydrogen) atoms. The van der Waals surface area contributed by atoms with Gasteiger partial charge in [-0.2, -0.15) is 0 Å². The summed E-state index contributed by atoms with van der Waals surface area (Å²) in [6.07, 6.45) is 0.473. The standard InChI is InChI=1S/C21H17ClN2O2/c1-12-7-8-13(2)18-17(12)11-14(19(22)23-18)9-10-24-20(25)15-5-3-4-6-16(15)21(24)26/h3-8,11H,9-10H2,1-2H3. The van der Waals surface area contributed by atoms with Crippen molar-refractivity contribution < 1.29 is 9.59 Å². The van der Waals surface area contributed by atoms with E-state index in [1.54, 1.807) is 24.3 Å². The lowest BCUT2D eigenvalue weighted by Gasteiger charge is -2.15. The Morgan fingerprint density at radius 1 is 0.962 bits per heavy atom. The van der Waals surface area contributed by atoms with Gasteiger partial charge in [0, 0.05) is 11.9 Å². The highest BCUT2D eigenvalue weighted by molar-refractivity contribution is 6.30. The number of nitrogens with zero attached hydrogens (tertiary/aromatic N) is 2. The molecule has 0 atom stereocenters. The van der Waals surface area contributed by atoms with Gasteiger partial charge in [0.15, 0.2) is 0 Å². The number of imide groups is 1. The molecule has 2 aromatic carbocycles. The summed E-state index contributed by atoms with van der Waals surface area (Å²) in [5, 5.41) is 1.47. The summed E-state index contributed by atoms with van der Waals surface area (Å²) >= 11 is 6.38. The molecule has 0 N–H and O–H groups in total. The van der Waals surface area contributed by atoms with Gasteiger partial charge in [-0.3, -0.25) is 14.5 Å². The minimum Gasteiger partial charge on any atom is -0.274 e. The lowest BCUT2D eigenvalue weighted by Crippen LogP contribution is -2.31. The molecular weight excluding hydrogens is 348 g/mol. The lowest BCUT2D eigenvalue weighted by molar-refractivity contribution is 0.0656. The predicted octanol–water partition coefficient (Wildman–Crippen LogP) is 4.34. The van der Waals surface area contributed by atoms with Crippen LogP contribution in [0.1, 0.15) is 37.4 Å². The third-order valence-electron chi connectivity index (χ3n) is 4.91. The second-order valence-corrected chi connectivity index (χ2v) is 6.95. The minimum absolute atomic E-state index is 0.248.